The van der Waals surface area contributed by atoms with Crippen LogP contribution in [0.5, 0.6) is 5.75 Å². The van der Waals surface area contributed by atoms with Crippen molar-refractivity contribution in [2.75, 3.05) is 34.4 Å². The summed E-state index contributed by atoms with van der Waals surface area (Å²) >= 11 is 0. The van der Waals surface area contributed by atoms with E-state index in [0.29, 0.717) is 51.7 Å². The van der Waals surface area contributed by atoms with Crippen LogP contribution in [0.25, 0.3) is 33.3 Å². The molecule has 1 saturated heterocycles. The minimum Gasteiger partial charge on any atom is -0.496 e. The van der Waals surface area contributed by atoms with Crippen molar-refractivity contribution >= 4 is 40.6 Å². The quantitative estimate of drug-likeness (QED) is 0.0870. The zero-order valence-electron chi connectivity index (χ0n) is 43.2. The third-order valence-corrected chi connectivity index (χ3v) is 14.5. The predicted octanol–water partition coefficient (Wildman–Crippen LogP) is 8.39. The Balaban J connectivity index is 1.09. The standard InChI is InChI=1S/C57H70N8O7/c1-10-64-48-23-22-39-30-44(48)45(52(64)43-19-14-24-59-50(43)36(4)70-8)31-57(5,6)33-72-56(69)46-20-15-25-65(62-46)55(68)47(27-37-16-13-18-38(39)26-37)61-53(66)51(35(2)3)63(7)54(67)41-28-42(29-41)60-34-58-32-40-17-11-12-21-49(40)71-9/h11-14,16-19,21-24,26,30,35-36,41-42,46-47,51,62H,10,15,20,25,27-29,31-33H2,1-9H3,(H,61,66)/t36-,41-,42-,46-,47-,51-/m0/s1. The van der Waals surface area contributed by atoms with E-state index in [1.54, 1.807) is 27.5 Å². The van der Waals surface area contributed by atoms with Gasteiger partial charge in [0, 0.05) is 73.2 Å². The van der Waals surface area contributed by atoms with Crippen molar-refractivity contribution in [2.45, 2.75) is 123 Å². The second-order valence-electron chi connectivity index (χ2n) is 20.7. The molecule has 0 spiro atoms. The monoisotopic (exact) mass is 979 g/mol. The highest BCUT2D eigenvalue weighted by atomic mass is 16.5. The summed E-state index contributed by atoms with van der Waals surface area (Å²) in [7, 11) is 4.97. The summed E-state index contributed by atoms with van der Waals surface area (Å²) in [5.41, 5.74) is 11.5. The molecule has 1 aliphatic carbocycles. The fourth-order valence-corrected chi connectivity index (χ4v) is 10.6. The number of aryl methyl sites for hydroxylation is 1. The van der Waals surface area contributed by atoms with E-state index in [9.17, 15) is 19.2 Å². The maximum absolute atomic E-state index is 14.8. The molecule has 4 heterocycles. The molecule has 1 saturated carbocycles. The molecule has 72 heavy (non-hydrogen) atoms. The number of ether oxygens (including phenoxy) is 3. The second kappa shape index (κ2) is 22.4. The van der Waals surface area contributed by atoms with Gasteiger partial charge in [-0.05, 0) is 104 Å². The molecule has 0 unspecified atom stereocenters. The zero-order chi connectivity index (χ0) is 51.3. The fourth-order valence-electron chi connectivity index (χ4n) is 10.6. The van der Waals surface area contributed by atoms with E-state index in [2.05, 4.69) is 88.5 Å². The molecule has 0 radical (unpaired) electrons. The molecule has 2 N–H and O–H groups in total. The van der Waals surface area contributed by atoms with E-state index >= 15 is 0 Å². The van der Waals surface area contributed by atoms with E-state index in [0.717, 1.165) is 61.4 Å². The number of benzene rings is 3. The van der Waals surface area contributed by atoms with Crippen LogP contribution in [-0.4, -0.2) is 108 Å². The van der Waals surface area contributed by atoms with Crippen molar-refractivity contribution < 1.29 is 33.4 Å². The Morgan fingerprint density at radius 3 is 2.54 bits per heavy atom. The number of esters is 1. The number of carbonyl (C=O) groups excluding carboxylic acids is 4. The first-order valence-electron chi connectivity index (χ1n) is 25.4. The van der Waals surface area contributed by atoms with Crippen LogP contribution in [0.1, 0.15) is 95.7 Å². The number of carbonyl (C=O) groups is 4. The number of amides is 3. The highest BCUT2D eigenvalue weighted by Crippen LogP contribution is 2.42. The number of hydrogen-bond acceptors (Lipinski definition) is 11. The Hall–Kier alpha value is -6.67. The van der Waals surface area contributed by atoms with E-state index in [4.69, 9.17) is 19.2 Å². The molecule has 380 valence electrons. The number of rotatable bonds is 13. The number of pyridine rings is 1. The molecule has 3 amide bonds. The summed E-state index contributed by atoms with van der Waals surface area (Å²) in [4.78, 5) is 72.5. The van der Waals surface area contributed by atoms with Crippen LogP contribution in [-0.2, 0) is 54.6 Å². The van der Waals surface area contributed by atoms with Crippen molar-refractivity contribution in [3.05, 3.63) is 107 Å². The van der Waals surface area contributed by atoms with E-state index in [1.807, 2.05) is 63.2 Å². The Morgan fingerprint density at radius 1 is 1.01 bits per heavy atom. The molecule has 3 aromatic carbocycles. The largest absolute Gasteiger partial charge is 0.496 e. The van der Waals surface area contributed by atoms with Crippen molar-refractivity contribution in [3.8, 4) is 28.1 Å². The maximum atomic E-state index is 14.8. The zero-order valence-corrected chi connectivity index (χ0v) is 43.2. The number of nitrogens with one attached hydrogen (secondary N) is 2. The van der Waals surface area contributed by atoms with Gasteiger partial charge in [-0.1, -0.05) is 76.2 Å². The van der Waals surface area contributed by atoms with Crippen LogP contribution in [0.4, 0.5) is 0 Å². The number of aliphatic imine (C=N–C) groups is 2. The number of hydrogen-bond donors (Lipinski definition) is 2. The summed E-state index contributed by atoms with van der Waals surface area (Å²) in [6.45, 7) is 13.7. The first-order valence-corrected chi connectivity index (χ1v) is 25.4. The van der Waals surface area contributed by atoms with Crippen LogP contribution < -0.4 is 15.5 Å². The Kier molecular flexibility index (Phi) is 16.1. The van der Waals surface area contributed by atoms with Crippen LogP contribution in [0, 0.1) is 17.3 Å². The van der Waals surface area contributed by atoms with Crippen molar-refractivity contribution in [1.29, 1.82) is 0 Å². The van der Waals surface area contributed by atoms with E-state index in [-0.39, 0.29) is 48.8 Å². The molecular formula is C57H70N8O7. The van der Waals surface area contributed by atoms with Gasteiger partial charge in [0.1, 0.15) is 23.9 Å². The lowest BCUT2D eigenvalue weighted by molar-refractivity contribution is -0.155. The van der Waals surface area contributed by atoms with Crippen LogP contribution in [0.3, 0.4) is 0 Å². The van der Waals surface area contributed by atoms with Crippen LogP contribution >= 0.6 is 0 Å². The minimum atomic E-state index is -1.03. The van der Waals surface area contributed by atoms with Gasteiger partial charge in [0.05, 0.1) is 49.8 Å². The molecule has 4 atom stereocenters. The molecule has 2 aliphatic heterocycles. The molecule has 6 bridgehead atoms. The topological polar surface area (TPSA) is 169 Å². The lowest BCUT2D eigenvalue weighted by Crippen LogP contribution is -2.62. The smallest absolute Gasteiger partial charge is 0.324 e. The van der Waals surface area contributed by atoms with Crippen molar-refractivity contribution in [3.63, 3.8) is 0 Å². The highest BCUT2D eigenvalue weighted by Gasteiger charge is 2.42. The molecule has 15 nitrogen and oxygen atoms in total. The molecule has 2 fully saturated rings. The lowest BCUT2D eigenvalue weighted by atomic mass is 9.79. The fraction of sp³-hybridized carbons (Fsp3) is 0.474. The van der Waals surface area contributed by atoms with Gasteiger partial charge in [0.2, 0.25) is 11.8 Å². The average molecular weight is 979 g/mol. The Morgan fingerprint density at radius 2 is 1.79 bits per heavy atom. The van der Waals surface area contributed by atoms with Gasteiger partial charge >= 0.3 is 5.97 Å². The Labute approximate surface area is 423 Å². The van der Waals surface area contributed by atoms with Crippen molar-refractivity contribution in [2.24, 2.45) is 27.2 Å². The summed E-state index contributed by atoms with van der Waals surface area (Å²) in [5.74, 6) is -1.26. The third-order valence-electron chi connectivity index (χ3n) is 14.5. The van der Waals surface area contributed by atoms with Crippen molar-refractivity contribution in [1.82, 2.24) is 30.2 Å². The molecule has 3 aliphatic rings. The number of aromatic nitrogens is 2. The maximum Gasteiger partial charge on any atom is 0.324 e. The average Bonchev–Trinajstić information content (AvgIpc) is 3.67. The SMILES string of the molecule is CCn1c(-c2cccnc2[C@H](C)OC)c2c3cc(ccc31)-c1cccc(c1)C[C@H](NC(=O)[C@H](C(C)C)N(C)C(=O)[C@H]1C[C@H](N=C=NCc3ccccc3OC)C1)C(=O)N1CCC[C@H](N1)C(=O)OCC(C)(C)C2. The summed E-state index contributed by atoms with van der Waals surface area (Å²) in [5, 5.41) is 5.64. The lowest BCUT2D eigenvalue weighted by Gasteiger charge is -2.39. The highest BCUT2D eigenvalue weighted by molar-refractivity contribution is 5.96. The summed E-state index contributed by atoms with van der Waals surface area (Å²) < 4.78 is 19.7. The van der Waals surface area contributed by atoms with Gasteiger partial charge in [-0.2, -0.15) is 0 Å². The number of fused-ring (bicyclic) bond motifs is 6. The molecule has 15 heteroatoms. The molecule has 2 aromatic heterocycles. The predicted molar refractivity (Wildman–Crippen MR) is 278 cm³/mol. The second-order valence-corrected chi connectivity index (χ2v) is 20.7. The van der Waals surface area contributed by atoms with Crippen LogP contribution in [0.15, 0.2) is 95.0 Å². The third kappa shape index (κ3) is 11.2. The minimum absolute atomic E-state index is 0.103. The number of cyclic esters (lactones) is 1. The number of likely N-dealkylation sites (N-methyl/N-ethyl adjacent to an activating group) is 1. The molecular weight excluding hydrogens is 909 g/mol. The summed E-state index contributed by atoms with van der Waals surface area (Å²) in [6.07, 6.45) is 4.37. The normalized spacial score (nSPS) is 20.8. The number of para-hydroxylation sites is 1. The molecule has 5 aromatic rings. The number of nitrogens with zero attached hydrogens (tertiary/aromatic N) is 6. The van der Waals surface area contributed by atoms with Gasteiger partial charge in [-0.3, -0.25) is 29.2 Å². The molecule has 8 rings (SSSR count). The van der Waals surface area contributed by atoms with Gasteiger partial charge in [-0.15, -0.1) is 0 Å². The summed E-state index contributed by atoms with van der Waals surface area (Å²) in [6, 6.07) is 26.4. The van der Waals surface area contributed by atoms with E-state index < -0.39 is 35.4 Å². The van der Waals surface area contributed by atoms with Gasteiger partial charge < -0.3 is 29.0 Å². The van der Waals surface area contributed by atoms with Gasteiger partial charge in [0.25, 0.3) is 5.91 Å². The number of hydrazine groups is 1. The van der Waals surface area contributed by atoms with Gasteiger partial charge in [0.15, 0.2) is 0 Å². The Bertz CT molecular complexity index is 2860. The van der Waals surface area contributed by atoms with Crippen LogP contribution in [0.2, 0.25) is 0 Å². The number of methoxy groups -OCH3 is 2. The first-order chi connectivity index (χ1) is 34.6. The van der Waals surface area contributed by atoms with Gasteiger partial charge in [-0.25, -0.2) is 15.4 Å². The van der Waals surface area contributed by atoms with E-state index in [1.165, 1.54) is 9.91 Å². The first kappa shape index (κ1) is 51.7.